The summed E-state index contributed by atoms with van der Waals surface area (Å²) in [5, 5.41) is 7.16. The Morgan fingerprint density at radius 3 is 2.70 bits per heavy atom. The van der Waals surface area contributed by atoms with Crippen molar-refractivity contribution in [2.24, 2.45) is 5.73 Å². The van der Waals surface area contributed by atoms with Crippen LogP contribution in [0.1, 0.15) is 52.0 Å². The van der Waals surface area contributed by atoms with Crippen molar-refractivity contribution in [1.82, 2.24) is 14.6 Å². The number of rotatable bonds is 7. The van der Waals surface area contributed by atoms with Gasteiger partial charge in [-0.15, -0.1) is 5.10 Å². The van der Waals surface area contributed by atoms with E-state index in [4.69, 9.17) is 27.2 Å². The maximum atomic E-state index is 13.2. The predicted octanol–water partition coefficient (Wildman–Crippen LogP) is 5.70. The minimum atomic E-state index is -4.60. The summed E-state index contributed by atoms with van der Waals surface area (Å²) in [5.74, 6) is 6.44. The molecule has 224 valence electrons. The lowest BCUT2D eigenvalue weighted by Gasteiger charge is -2.32. The van der Waals surface area contributed by atoms with Crippen LogP contribution in [0.15, 0.2) is 54.7 Å². The fourth-order valence-electron chi connectivity index (χ4n) is 4.87. The molecule has 43 heavy (non-hydrogen) atoms. The van der Waals surface area contributed by atoms with Gasteiger partial charge >= 0.3 is 6.18 Å². The van der Waals surface area contributed by atoms with Crippen molar-refractivity contribution >= 4 is 34.7 Å². The van der Waals surface area contributed by atoms with E-state index in [1.165, 1.54) is 6.07 Å². The molecule has 0 radical (unpaired) electrons. The highest BCUT2D eigenvalue weighted by Crippen LogP contribution is 2.33. The molecule has 0 unspecified atom stereocenters. The summed E-state index contributed by atoms with van der Waals surface area (Å²) < 4.78 is 47.2. The molecule has 2 aromatic carbocycles. The molecule has 0 spiro atoms. The average molecular weight is 611 g/mol. The Balaban J connectivity index is 1.32. The molecule has 0 atom stereocenters. The van der Waals surface area contributed by atoms with Crippen LogP contribution in [-0.4, -0.2) is 52.9 Å². The predicted molar refractivity (Wildman–Crippen MR) is 159 cm³/mol. The molecular weight excluding hydrogens is 581 g/mol. The maximum absolute atomic E-state index is 13.2. The van der Waals surface area contributed by atoms with Crippen molar-refractivity contribution in [2.75, 3.05) is 36.5 Å². The highest BCUT2D eigenvalue weighted by Gasteiger charge is 2.31. The number of piperidine rings is 1. The normalized spacial score (nSPS) is 14.0. The van der Waals surface area contributed by atoms with Crippen molar-refractivity contribution in [3.8, 4) is 11.8 Å². The first-order chi connectivity index (χ1) is 20.6. The average Bonchev–Trinajstić information content (AvgIpc) is 3.38. The van der Waals surface area contributed by atoms with E-state index in [1.54, 1.807) is 35.8 Å². The SMILES string of the molecule is Cc1c(C#Cc2cnc3ccc(N4CCC(OCCCN)CC4)nn23)cccc1C(=O)Nc1cc(Cl)cc(C(F)(F)F)c1. The monoisotopic (exact) mass is 610 g/mol. The van der Waals surface area contributed by atoms with Crippen molar-refractivity contribution in [3.63, 3.8) is 0 Å². The van der Waals surface area contributed by atoms with Gasteiger partial charge in [0.05, 0.1) is 17.9 Å². The Labute approximate surface area is 252 Å². The Morgan fingerprint density at radius 2 is 1.95 bits per heavy atom. The zero-order chi connectivity index (χ0) is 30.6. The van der Waals surface area contributed by atoms with E-state index in [2.05, 4.69) is 27.0 Å². The summed E-state index contributed by atoms with van der Waals surface area (Å²) in [6.45, 7) is 4.68. The largest absolute Gasteiger partial charge is 0.416 e. The number of halogens is 4. The van der Waals surface area contributed by atoms with Crippen LogP contribution in [0, 0.1) is 18.8 Å². The Hall–Kier alpha value is -4.11. The van der Waals surface area contributed by atoms with Crippen molar-refractivity contribution < 1.29 is 22.7 Å². The minimum Gasteiger partial charge on any atom is -0.378 e. The van der Waals surface area contributed by atoms with Crippen LogP contribution in [0.25, 0.3) is 5.65 Å². The fraction of sp³-hybridized carbons (Fsp3) is 0.323. The molecule has 1 aliphatic rings. The molecule has 4 aromatic rings. The lowest BCUT2D eigenvalue weighted by Crippen LogP contribution is -2.38. The second-order valence-corrected chi connectivity index (χ2v) is 10.6. The maximum Gasteiger partial charge on any atom is 0.416 e. The van der Waals surface area contributed by atoms with Crippen LogP contribution in [0.4, 0.5) is 24.7 Å². The van der Waals surface area contributed by atoms with Gasteiger partial charge in [-0.3, -0.25) is 4.79 Å². The van der Waals surface area contributed by atoms with Gasteiger partial charge in [0.2, 0.25) is 0 Å². The number of anilines is 2. The summed E-state index contributed by atoms with van der Waals surface area (Å²) in [4.78, 5) is 19.6. The molecule has 1 aliphatic heterocycles. The summed E-state index contributed by atoms with van der Waals surface area (Å²) >= 11 is 5.86. The van der Waals surface area contributed by atoms with Gasteiger partial charge in [-0.05, 0) is 86.7 Å². The third-order valence-electron chi connectivity index (χ3n) is 7.20. The van der Waals surface area contributed by atoms with Gasteiger partial charge in [0, 0.05) is 41.5 Å². The number of aromatic nitrogens is 3. The summed E-state index contributed by atoms with van der Waals surface area (Å²) in [6.07, 6.45) is -0.0606. The molecule has 1 saturated heterocycles. The van der Waals surface area contributed by atoms with Gasteiger partial charge in [0.15, 0.2) is 5.65 Å². The number of carbonyl (C=O) groups is 1. The molecule has 3 N–H and O–H groups in total. The molecule has 0 bridgehead atoms. The number of alkyl halides is 3. The van der Waals surface area contributed by atoms with Crippen molar-refractivity contribution in [3.05, 3.63) is 87.7 Å². The number of nitrogens with one attached hydrogen (secondary N) is 1. The molecule has 0 saturated carbocycles. The Kier molecular flexibility index (Phi) is 9.20. The molecule has 2 aromatic heterocycles. The molecule has 5 rings (SSSR count). The van der Waals surface area contributed by atoms with Crippen molar-refractivity contribution in [1.29, 1.82) is 0 Å². The van der Waals surface area contributed by atoms with Crippen LogP contribution in [-0.2, 0) is 10.9 Å². The third kappa shape index (κ3) is 7.28. The van der Waals surface area contributed by atoms with E-state index < -0.39 is 17.6 Å². The zero-order valence-electron chi connectivity index (χ0n) is 23.4. The number of benzene rings is 2. The van der Waals surface area contributed by atoms with E-state index in [-0.39, 0.29) is 22.4 Å². The van der Waals surface area contributed by atoms with Crippen LogP contribution >= 0.6 is 11.6 Å². The highest BCUT2D eigenvalue weighted by atomic mass is 35.5. The summed E-state index contributed by atoms with van der Waals surface area (Å²) in [6, 6.07) is 11.8. The number of hydrogen-bond donors (Lipinski definition) is 2. The number of nitrogens with two attached hydrogens (primary N) is 1. The molecule has 0 aliphatic carbocycles. The van der Waals surface area contributed by atoms with Crippen LogP contribution in [0.2, 0.25) is 5.02 Å². The molecule has 3 heterocycles. The molecule has 12 heteroatoms. The number of ether oxygens (including phenoxy) is 1. The van der Waals surface area contributed by atoms with E-state index in [9.17, 15) is 18.0 Å². The van der Waals surface area contributed by atoms with E-state index in [1.807, 2.05) is 12.1 Å². The van der Waals surface area contributed by atoms with E-state index in [0.717, 1.165) is 50.3 Å². The standard InChI is InChI=1S/C31H30ClF3N6O2/c1-20-21(4-2-5-27(20)30(42)38-24-17-22(31(33,34)35)16-23(32)18-24)6-7-25-19-37-28-8-9-29(39-41(25)28)40-13-10-26(11-14-40)43-15-3-12-36/h2,4-5,8-9,16-19,26H,3,10-15,36H2,1H3,(H,38,42). The Bertz CT molecular complexity index is 1690. The van der Waals surface area contributed by atoms with Gasteiger partial charge in [-0.2, -0.15) is 13.2 Å². The van der Waals surface area contributed by atoms with Gasteiger partial charge in [-0.1, -0.05) is 23.6 Å². The minimum absolute atomic E-state index is 0.0586. The topological polar surface area (TPSA) is 97.8 Å². The van der Waals surface area contributed by atoms with Gasteiger partial charge in [0.1, 0.15) is 11.5 Å². The molecule has 1 fully saturated rings. The van der Waals surface area contributed by atoms with Gasteiger partial charge in [-0.25, -0.2) is 9.50 Å². The number of imidazole rings is 1. The number of nitrogens with zero attached hydrogens (tertiary/aromatic N) is 4. The first-order valence-electron chi connectivity index (χ1n) is 13.8. The summed E-state index contributed by atoms with van der Waals surface area (Å²) in [5.41, 5.74) is 7.20. The third-order valence-corrected chi connectivity index (χ3v) is 7.42. The smallest absolute Gasteiger partial charge is 0.378 e. The second kappa shape index (κ2) is 13.0. The molecule has 1 amide bonds. The van der Waals surface area contributed by atoms with Gasteiger partial charge in [0.25, 0.3) is 5.91 Å². The highest BCUT2D eigenvalue weighted by molar-refractivity contribution is 6.31. The van der Waals surface area contributed by atoms with Crippen molar-refractivity contribution in [2.45, 2.75) is 38.5 Å². The van der Waals surface area contributed by atoms with Crippen LogP contribution in [0.3, 0.4) is 0 Å². The summed E-state index contributed by atoms with van der Waals surface area (Å²) in [7, 11) is 0. The first kappa shape index (κ1) is 30.4. The number of amides is 1. The molecular formula is C31H30ClF3N6O2. The first-order valence-corrected chi connectivity index (χ1v) is 14.2. The zero-order valence-corrected chi connectivity index (χ0v) is 24.2. The lowest BCUT2D eigenvalue weighted by atomic mass is 10.0. The van der Waals surface area contributed by atoms with E-state index in [0.29, 0.717) is 35.6 Å². The number of hydrogen-bond acceptors (Lipinski definition) is 6. The van der Waals surface area contributed by atoms with Gasteiger partial charge < -0.3 is 20.7 Å². The molecule has 8 nitrogen and oxygen atoms in total. The Morgan fingerprint density at radius 1 is 1.16 bits per heavy atom. The number of fused-ring (bicyclic) bond motifs is 1. The number of carbonyl (C=O) groups excluding carboxylic acids is 1. The van der Waals surface area contributed by atoms with E-state index >= 15 is 0 Å². The fourth-order valence-corrected chi connectivity index (χ4v) is 5.11. The van der Waals surface area contributed by atoms with Crippen LogP contribution in [0.5, 0.6) is 0 Å². The lowest BCUT2D eigenvalue weighted by molar-refractivity contribution is -0.137. The quantitative estimate of drug-likeness (QED) is 0.206. The second-order valence-electron chi connectivity index (χ2n) is 10.2. The van der Waals surface area contributed by atoms with Crippen LogP contribution < -0.4 is 16.0 Å².